The lowest BCUT2D eigenvalue weighted by molar-refractivity contribution is -0.385. The zero-order valence-electron chi connectivity index (χ0n) is 9.88. The SMILES string of the molecule is CC(C)(Cc1cc([N+](=O)[O-])ccc1F)S(N)(=O)=O. The van der Waals surface area contributed by atoms with E-state index < -0.39 is 25.5 Å². The molecule has 18 heavy (non-hydrogen) atoms. The molecule has 0 aromatic heterocycles. The summed E-state index contributed by atoms with van der Waals surface area (Å²) < 4.78 is 34.7. The molecule has 1 rings (SSSR count). The maximum absolute atomic E-state index is 13.5. The third-order valence-corrected chi connectivity index (χ3v) is 4.31. The fraction of sp³-hybridized carbons (Fsp3) is 0.400. The number of non-ortho nitro benzene ring substituents is 1. The van der Waals surface area contributed by atoms with Crippen LogP contribution in [-0.2, 0) is 16.4 Å². The second kappa shape index (κ2) is 4.62. The number of primary sulfonamides is 1. The van der Waals surface area contributed by atoms with Gasteiger partial charge in [0, 0.05) is 12.1 Å². The number of hydrogen-bond acceptors (Lipinski definition) is 4. The number of hydrogen-bond donors (Lipinski definition) is 1. The van der Waals surface area contributed by atoms with E-state index in [1.807, 2.05) is 0 Å². The summed E-state index contributed by atoms with van der Waals surface area (Å²) in [5.74, 6) is -0.697. The molecule has 0 heterocycles. The summed E-state index contributed by atoms with van der Waals surface area (Å²) >= 11 is 0. The molecule has 100 valence electrons. The molecule has 0 saturated carbocycles. The maximum Gasteiger partial charge on any atom is 0.269 e. The minimum absolute atomic E-state index is 0.0526. The molecule has 0 saturated heterocycles. The van der Waals surface area contributed by atoms with Crippen LogP contribution in [0.4, 0.5) is 10.1 Å². The van der Waals surface area contributed by atoms with Crippen molar-refractivity contribution in [3.05, 3.63) is 39.7 Å². The maximum atomic E-state index is 13.5. The second-order valence-corrected chi connectivity index (χ2v) is 6.71. The Bertz CT molecular complexity index is 584. The first kappa shape index (κ1) is 14.5. The average Bonchev–Trinajstić information content (AvgIpc) is 2.18. The van der Waals surface area contributed by atoms with Gasteiger partial charge in [0.05, 0.1) is 9.67 Å². The van der Waals surface area contributed by atoms with Crippen LogP contribution in [0.25, 0.3) is 0 Å². The summed E-state index contributed by atoms with van der Waals surface area (Å²) in [6, 6.07) is 2.97. The molecule has 0 amide bonds. The van der Waals surface area contributed by atoms with Gasteiger partial charge in [-0.3, -0.25) is 10.1 Å². The van der Waals surface area contributed by atoms with Gasteiger partial charge in [-0.1, -0.05) is 0 Å². The summed E-state index contributed by atoms with van der Waals surface area (Å²) in [4.78, 5) is 9.89. The molecule has 2 N–H and O–H groups in total. The highest BCUT2D eigenvalue weighted by atomic mass is 32.2. The van der Waals surface area contributed by atoms with Gasteiger partial charge in [-0.25, -0.2) is 17.9 Å². The van der Waals surface area contributed by atoms with Crippen LogP contribution >= 0.6 is 0 Å². The first-order chi connectivity index (χ1) is 8.04. The average molecular weight is 276 g/mol. The smallest absolute Gasteiger partial charge is 0.258 e. The van der Waals surface area contributed by atoms with Gasteiger partial charge in [-0.05, 0) is 31.9 Å². The summed E-state index contributed by atoms with van der Waals surface area (Å²) in [5, 5.41) is 15.6. The number of nitro groups is 1. The van der Waals surface area contributed by atoms with E-state index in [1.54, 1.807) is 0 Å². The number of benzene rings is 1. The number of sulfonamides is 1. The van der Waals surface area contributed by atoms with Crippen molar-refractivity contribution >= 4 is 15.7 Å². The van der Waals surface area contributed by atoms with Crippen LogP contribution in [0.15, 0.2) is 18.2 Å². The molecule has 8 heteroatoms. The van der Waals surface area contributed by atoms with E-state index in [0.717, 1.165) is 18.2 Å². The molecule has 0 aliphatic rings. The van der Waals surface area contributed by atoms with Crippen LogP contribution < -0.4 is 5.14 Å². The van der Waals surface area contributed by atoms with Crippen molar-refractivity contribution in [2.24, 2.45) is 5.14 Å². The highest BCUT2D eigenvalue weighted by Crippen LogP contribution is 2.24. The number of halogens is 1. The van der Waals surface area contributed by atoms with Gasteiger partial charge in [0.2, 0.25) is 10.0 Å². The molecular weight excluding hydrogens is 263 g/mol. The molecule has 0 atom stereocenters. The lowest BCUT2D eigenvalue weighted by Crippen LogP contribution is -2.39. The molecule has 0 radical (unpaired) electrons. The Morgan fingerprint density at radius 3 is 2.44 bits per heavy atom. The second-order valence-electron chi connectivity index (χ2n) is 4.51. The fourth-order valence-electron chi connectivity index (χ4n) is 1.37. The third-order valence-electron chi connectivity index (χ3n) is 2.63. The van der Waals surface area contributed by atoms with Crippen LogP contribution in [0.5, 0.6) is 0 Å². The zero-order valence-corrected chi connectivity index (χ0v) is 10.7. The molecule has 0 aliphatic carbocycles. The highest BCUT2D eigenvalue weighted by Gasteiger charge is 2.32. The minimum atomic E-state index is -3.89. The molecule has 0 unspecified atom stereocenters. The van der Waals surface area contributed by atoms with E-state index in [0.29, 0.717) is 0 Å². The molecule has 0 aliphatic heterocycles. The van der Waals surface area contributed by atoms with E-state index in [-0.39, 0.29) is 17.7 Å². The van der Waals surface area contributed by atoms with Gasteiger partial charge < -0.3 is 0 Å². The van der Waals surface area contributed by atoms with Crippen molar-refractivity contribution in [3.8, 4) is 0 Å². The first-order valence-corrected chi connectivity index (χ1v) is 6.54. The number of nitrogens with zero attached hydrogens (tertiary/aromatic N) is 1. The summed E-state index contributed by atoms with van der Waals surface area (Å²) in [6.45, 7) is 2.67. The van der Waals surface area contributed by atoms with Crippen molar-refractivity contribution in [1.82, 2.24) is 0 Å². The van der Waals surface area contributed by atoms with E-state index in [9.17, 15) is 22.9 Å². The molecular formula is C10H13FN2O4S. The number of nitro benzene ring substituents is 1. The molecule has 0 bridgehead atoms. The zero-order chi connectivity index (χ0) is 14.1. The summed E-state index contributed by atoms with van der Waals surface area (Å²) in [7, 11) is -3.89. The van der Waals surface area contributed by atoms with E-state index in [4.69, 9.17) is 5.14 Å². The predicted octanol–water partition coefficient (Wildman–Crippen LogP) is 1.34. The highest BCUT2D eigenvalue weighted by molar-refractivity contribution is 7.90. The Balaban J connectivity index is 3.19. The topological polar surface area (TPSA) is 103 Å². The molecule has 1 aromatic rings. The largest absolute Gasteiger partial charge is 0.269 e. The monoisotopic (exact) mass is 276 g/mol. The molecule has 1 aromatic carbocycles. The summed E-state index contributed by atoms with van der Waals surface area (Å²) in [5.41, 5.74) is -0.347. The Labute approximate surface area is 104 Å². The minimum Gasteiger partial charge on any atom is -0.258 e. The van der Waals surface area contributed by atoms with Crippen molar-refractivity contribution < 1.29 is 17.7 Å². The van der Waals surface area contributed by atoms with Gasteiger partial charge in [0.25, 0.3) is 5.69 Å². The van der Waals surface area contributed by atoms with Gasteiger partial charge >= 0.3 is 0 Å². The van der Waals surface area contributed by atoms with Crippen molar-refractivity contribution in [2.75, 3.05) is 0 Å². The summed E-state index contributed by atoms with van der Waals surface area (Å²) in [6.07, 6.45) is -0.237. The molecule has 0 fully saturated rings. The quantitative estimate of drug-likeness (QED) is 0.662. The van der Waals surface area contributed by atoms with Gasteiger partial charge in [-0.15, -0.1) is 0 Å². The van der Waals surface area contributed by atoms with Crippen LogP contribution in [0, 0.1) is 15.9 Å². The fourth-order valence-corrected chi connectivity index (χ4v) is 1.73. The lowest BCUT2D eigenvalue weighted by Gasteiger charge is -2.21. The number of nitrogens with two attached hydrogens (primary N) is 1. The third kappa shape index (κ3) is 3.02. The molecule has 6 nitrogen and oxygen atoms in total. The van der Waals surface area contributed by atoms with Crippen LogP contribution in [0.3, 0.4) is 0 Å². The van der Waals surface area contributed by atoms with Gasteiger partial charge in [-0.2, -0.15) is 0 Å². The predicted molar refractivity (Wildman–Crippen MR) is 63.9 cm³/mol. The first-order valence-electron chi connectivity index (χ1n) is 5.00. The van der Waals surface area contributed by atoms with E-state index in [1.165, 1.54) is 13.8 Å². The molecule has 0 spiro atoms. The standard InChI is InChI=1S/C10H13FN2O4S/c1-10(2,18(12,16)17)6-7-5-8(13(14)15)3-4-9(7)11/h3-5H,6H2,1-2H3,(H2,12,16,17). The Morgan fingerprint density at radius 2 is 2.00 bits per heavy atom. The van der Waals surface area contributed by atoms with Crippen LogP contribution in [0.1, 0.15) is 19.4 Å². The van der Waals surface area contributed by atoms with Crippen molar-refractivity contribution in [2.45, 2.75) is 25.0 Å². The Morgan fingerprint density at radius 1 is 1.44 bits per heavy atom. The Kier molecular flexibility index (Phi) is 3.72. The lowest BCUT2D eigenvalue weighted by atomic mass is 10.0. The van der Waals surface area contributed by atoms with Crippen LogP contribution in [-0.4, -0.2) is 18.1 Å². The Hall–Kier alpha value is -1.54. The normalized spacial score (nSPS) is 12.4. The van der Waals surface area contributed by atoms with Crippen molar-refractivity contribution in [3.63, 3.8) is 0 Å². The van der Waals surface area contributed by atoms with Crippen LogP contribution in [0.2, 0.25) is 0 Å². The van der Waals surface area contributed by atoms with Crippen molar-refractivity contribution in [1.29, 1.82) is 0 Å². The van der Waals surface area contributed by atoms with Gasteiger partial charge in [0.15, 0.2) is 0 Å². The number of rotatable bonds is 4. The van der Waals surface area contributed by atoms with E-state index in [2.05, 4.69) is 0 Å². The van der Waals surface area contributed by atoms with Gasteiger partial charge in [0.1, 0.15) is 5.82 Å². The van der Waals surface area contributed by atoms with E-state index >= 15 is 0 Å².